The summed E-state index contributed by atoms with van der Waals surface area (Å²) < 4.78 is 0. The molecule has 2 nitrogen and oxygen atoms in total. The third kappa shape index (κ3) is 4.28. The number of nitrogens with zero attached hydrogens (tertiary/aromatic N) is 1. The molecule has 0 aliphatic carbocycles. The van der Waals surface area contributed by atoms with Crippen LogP contribution in [-0.4, -0.2) is 30.6 Å². The lowest BCUT2D eigenvalue weighted by Gasteiger charge is -2.16. The fraction of sp³-hybridized carbons (Fsp3) is 0.500. The Morgan fingerprint density at radius 1 is 1.33 bits per heavy atom. The van der Waals surface area contributed by atoms with E-state index >= 15 is 0 Å². The summed E-state index contributed by atoms with van der Waals surface area (Å²) in [6, 6.07) is 11.4. The normalized spacial score (nSPS) is 20.8. The van der Waals surface area contributed by atoms with Crippen molar-refractivity contribution >= 4 is 0 Å². The highest BCUT2D eigenvalue weighted by atomic mass is 15.2. The molecule has 1 aliphatic rings. The largest absolute Gasteiger partial charge is 0.312 e. The van der Waals surface area contributed by atoms with Gasteiger partial charge in [-0.05, 0) is 31.9 Å². The molecule has 1 fully saturated rings. The highest BCUT2D eigenvalue weighted by Gasteiger charge is 2.21. The second kappa shape index (κ2) is 7.34. The fourth-order valence-electron chi connectivity index (χ4n) is 2.52. The number of benzene rings is 1. The van der Waals surface area contributed by atoms with Crippen molar-refractivity contribution in [1.82, 2.24) is 10.2 Å². The van der Waals surface area contributed by atoms with E-state index < -0.39 is 0 Å². The lowest BCUT2D eigenvalue weighted by molar-refractivity contribution is 0.320. The summed E-state index contributed by atoms with van der Waals surface area (Å²) in [5.41, 5.74) is 1.42. The third-order valence-electron chi connectivity index (χ3n) is 3.50. The van der Waals surface area contributed by atoms with Gasteiger partial charge >= 0.3 is 0 Å². The van der Waals surface area contributed by atoms with Crippen molar-refractivity contribution in [3.05, 3.63) is 48.0 Å². The topological polar surface area (TPSA) is 15.3 Å². The van der Waals surface area contributed by atoms with Crippen LogP contribution in [0.5, 0.6) is 0 Å². The summed E-state index contributed by atoms with van der Waals surface area (Å²) in [5.74, 6) is 0. The van der Waals surface area contributed by atoms with Crippen LogP contribution < -0.4 is 5.32 Å². The average Bonchev–Trinajstić information content (AvgIpc) is 2.84. The maximum absolute atomic E-state index is 3.64. The first-order valence-electron chi connectivity index (χ1n) is 6.99. The summed E-state index contributed by atoms with van der Waals surface area (Å²) >= 11 is 0. The molecule has 0 saturated carbocycles. The maximum Gasteiger partial charge on any atom is 0.0234 e. The van der Waals surface area contributed by atoms with Crippen LogP contribution in [0.25, 0.3) is 0 Å². The molecule has 2 heteroatoms. The average molecular weight is 244 g/mol. The van der Waals surface area contributed by atoms with E-state index in [0.717, 1.165) is 19.5 Å². The SMILES string of the molecule is C/C=C/CCNC1CCN(Cc2ccccc2)C1. The predicted molar refractivity (Wildman–Crippen MR) is 77.6 cm³/mol. The molecule has 2 rings (SSSR count). The van der Waals surface area contributed by atoms with Gasteiger partial charge in [-0.15, -0.1) is 0 Å². The van der Waals surface area contributed by atoms with Crippen LogP contribution in [-0.2, 0) is 6.54 Å². The van der Waals surface area contributed by atoms with E-state index in [1.807, 2.05) is 0 Å². The molecule has 0 aromatic heterocycles. The number of rotatable bonds is 6. The molecule has 18 heavy (non-hydrogen) atoms. The fourth-order valence-corrected chi connectivity index (χ4v) is 2.52. The molecule has 1 heterocycles. The van der Waals surface area contributed by atoms with E-state index in [1.54, 1.807) is 0 Å². The Hall–Kier alpha value is -1.12. The minimum absolute atomic E-state index is 0.680. The predicted octanol–water partition coefficient (Wildman–Crippen LogP) is 2.82. The lowest BCUT2D eigenvalue weighted by atomic mass is 10.2. The molecule has 1 aliphatic heterocycles. The summed E-state index contributed by atoms with van der Waals surface area (Å²) in [6.45, 7) is 6.68. The van der Waals surface area contributed by atoms with Gasteiger partial charge in [-0.1, -0.05) is 42.5 Å². The number of likely N-dealkylation sites (tertiary alicyclic amines) is 1. The van der Waals surface area contributed by atoms with Crippen molar-refractivity contribution in [2.45, 2.75) is 32.4 Å². The monoisotopic (exact) mass is 244 g/mol. The Labute approximate surface area is 111 Å². The summed E-state index contributed by atoms with van der Waals surface area (Å²) in [5, 5.41) is 3.64. The smallest absolute Gasteiger partial charge is 0.0234 e. The van der Waals surface area contributed by atoms with E-state index in [1.165, 1.54) is 25.1 Å². The van der Waals surface area contributed by atoms with E-state index in [9.17, 15) is 0 Å². The molecule has 1 aromatic carbocycles. The standard InChI is InChI=1S/C16H24N2/c1-2-3-7-11-17-16-10-12-18(14-16)13-15-8-5-4-6-9-15/h2-6,8-9,16-17H,7,10-14H2,1H3/b3-2+. The Morgan fingerprint density at radius 3 is 2.94 bits per heavy atom. The van der Waals surface area contributed by atoms with E-state index in [0.29, 0.717) is 6.04 Å². The van der Waals surface area contributed by atoms with Crippen LogP contribution in [0, 0.1) is 0 Å². The highest BCUT2D eigenvalue weighted by Crippen LogP contribution is 2.13. The van der Waals surface area contributed by atoms with Crippen LogP contribution in [0.2, 0.25) is 0 Å². The van der Waals surface area contributed by atoms with E-state index in [-0.39, 0.29) is 0 Å². The molecule has 0 radical (unpaired) electrons. The first kappa shape index (κ1) is 13.3. The minimum atomic E-state index is 0.680. The minimum Gasteiger partial charge on any atom is -0.312 e. The first-order chi connectivity index (χ1) is 8.88. The van der Waals surface area contributed by atoms with Crippen molar-refractivity contribution in [2.24, 2.45) is 0 Å². The molecule has 0 spiro atoms. The zero-order chi connectivity index (χ0) is 12.6. The van der Waals surface area contributed by atoms with Gasteiger partial charge in [-0.25, -0.2) is 0 Å². The summed E-state index contributed by atoms with van der Waals surface area (Å²) in [6.07, 6.45) is 6.77. The Bertz CT molecular complexity index is 359. The van der Waals surface area contributed by atoms with Gasteiger partial charge in [0, 0.05) is 25.7 Å². The van der Waals surface area contributed by atoms with Crippen LogP contribution in [0.1, 0.15) is 25.3 Å². The lowest BCUT2D eigenvalue weighted by Crippen LogP contribution is -2.32. The Kier molecular flexibility index (Phi) is 5.43. The number of hydrogen-bond acceptors (Lipinski definition) is 2. The highest BCUT2D eigenvalue weighted by molar-refractivity contribution is 5.14. The second-order valence-electron chi connectivity index (χ2n) is 5.02. The Morgan fingerprint density at radius 2 is 2.17 bits per heavy atom. The van der Waals surface area contributed by atoms with Gasteiger partial charge in [0.1, 0.15) is 0 Å². The zero-order valence-corrected chi connectivity index (χ0v) is 11.3. The van der Waals surface area contributed by atoms with Crippen molar-refractivity contribution in [3.63, 3.8) is 0 Å². The van der Waals surface area contributed by atoms with Crippen molar-refractivity contribution < 1.29 is 0 Å². The van der Waals surface area contributed by atoms with Gasteiger partial charge in [-0.2, -0.15) is 0 Å². The molecule has 1 unspecified atom stereocenters. The van der Waals surface area contributed by atoms with Gasteiger partial charge in [0.2, 0.25) is 0 Å². The molecule has 0 amide bonds. The summed E-state index contributed by atoms with van der Waals surface area (Å²) in [7, 11) is 0. The molecule has 1 N–H and O–H groups in total. The molecular formula is C16H24N2. The molecular weight excluding hydrogens is 220 g/mol. The number of hydrogen-bond donors (Lipinski definition) is 1. The van der Waals surface area contributed by atoms with Gasteiger partial charge in [0.15, 0.2) is 0 Å². The van der Waals surface area contributed by atoms with Crippen LogP contribution in [0.15, 0.2) is 42.5 Å². The molecule has 1 saturated heterocycles. The summed E-state index contributed by atoms with van der Waals surface area (Å²) in [4.78, 5) is 2.54. The van der Waals surface area contributed by atoms with Crippen molar-refractivity contribution in [2.75, 3.05) is 19.6 Å². The molecule has 98 valence electrons. The molecule has 0 bridgehead atoms. The third-order valence-corrected chi connectivity index (χ3v) is 3.50. The molecule has 1 atom stereocenters. The van der Waals surface area contributed by atoms with Gasteiger partial charge < -0.3 is 5.32 Å². The van der Waals surface area contributed by atoms with Crippen LogP contribution in [0.3, 0.4) is 0 Å². The van der Waals surface area contributed by atoms with Gasteiger partial charge in [0.25, 0.3) is 0 Å². The molecule has 1 aromatic rings. The van der Waals surface area contributed by atoms with Crippen LogP contribution >= 0.6 is 0 Å². The van der Waals surface area contributed by atoms with E-state index in [2.05, 4.69) is 59.6 Å². The van der Waals surface area contributed by atoms with Gasteiger partial charge in [-0.3, -0.25) is 4.90 Å². The second-order valence-corrected chi connectivity index (χ2v) is 5.02. The quantitative estimate of drug-likeness (QED) is 0.611. The Balaban J connectivity index is 1.68. The number of nitrogens with one attached hydrogen (secondary N) is 1. The maximum atomic E-state index is 3.64. The van der Waals surface area contributed by atoms with Crippen molar-refractivity contribution in [3.8, 4) is 0 Å². The first-order valence-corrected chi connectivity index (χ1v) is 6.99. The van der Waals surface area contributed by atoms with Crippen LogP contribution in [0.4, 0.5) is 0 Å². The van der Waals surface area contributed by atoms with E-state index in [4.69, 9.17) is 0 Å². The zero-order valence-electron chi connectivity index (χ0n) is 11.3. The number of allylic oxidation sites excluding steroid dienone is 1. The van der Waals surface area contributed by atoms with Gasteiger partial charge in [0.05, 0.1) is 0 Å². The van der Waals surface area contributed by atoms with Crippen molar-refractivity contribution in [1.29, 1.82) is 0 Å².